The minimum atomic E-state index is -1.16. The lowest BCUT2D eigenvalue weighted by Gasteiger charge is -2.29. The zero-order valence-corrected chi connectivity index (χ0v) is 26.4. The normalized spacial score (nSPS) is 12.4. The molecule has 13 nitrogen and oxygen atoms in total. The Balaban J connectivity index is 3.94. The lowest BCUT2D eigenvalue weighted by atomic mass is 10.2. The van der Waals surface area contributed by atoms with E-state index < -0.39 is 58.5 Å². The van der Waals surface area contributed by atoms with Crippen molar-refractivity contribution in [1.29, 1.82) is 0 Å². The van der Waals surface area contributed by atoms with Crippen molar-refractivity contribution in [3.8, 4) is 5.88 Å². The molecule has 0 aromatic carbocycles. The highest BCUT2D eigenvalue weighted by Crippen LogP contribution is 2.28. The second-order valence-corrected chi connectivity index (χ2v) is 12.8. The van der Waals surface area contributed by atoms with Crippen LogP contribution in [0.15, 0.2) is 18.2 Å². The van der Waals surface area contributed by atoms with E-state index in [1.54, 1.807) is 102 Å². The number of aromatic nitrogens is 2. The monoisotopic (exact) mass is 580 g/mol. The van der Waals surface area contributed by atoms with E-state index in [1.807, 2.05) is 0 Å². The molecule has 0 aliphatic rings. The minimum Gasteiger partial charge on any atom is -0.473 e. The van der Waals surface area contributed by atoms with E-state index in [2.05, 4.69) is 9.97 Å². The Labute approximate surface area is 242 Å². The maximum absolute atomic E-state index is 13.3. The highest BCUT2D eigenvalue weighted by Gasteiger charge is 2.38. The fraction of sp³-hybridized carbons (Fsp3) is 0.643. The summed E-state index contributed by atoms with van der Waals surface area (Å²) in [7, 11) is 0. The van der Waals surface area contributed by atoms with Gasteiger partial charge in [-0.3, -0.25) is 0 Å². The number of imide groups is 2. The molecule has 0 aliphatic heterocycles. The number of anilines is 2. The van der Waals surface area contributed by atoms with Gasteiger partial charge in [-0.05, 0) is 90.0 Å². The summed E-state index contributed by atoms with van der Waals surface area (Å²) >= 11 is 0. The molecule has 0 saturated carbocycles. The summed E-state index contributed by atoms with van der Waals surface area (Å²) in [5, 5.41) is 0. The molecule has 0 atom stereocenters. The Morgan fingerprint density at radius 3 is 1.37 bits per heavy atom. The number of carbonyl (C=O) groups is 4. The van der Waals surface area contributed by atoms with Crippen LogP contribution in [0.4, 0.5) is 30.9 Å². The molecule has 13 heteroatoms. The Kier molecular flexibility index (Phi) is 11.3. The molecule has 1 rings (SSSR count). The Morgan fingerprint density at radius 1 is 0.659 bits per heavy atom. The number of hydrogen-bond donors (Lipinski definition) is 0. The van der Waals surface area contributed by atoms with Crippen molar-refractivity contribution in [1.82, 2.24) is 9.97 Å². The summed E-state index contributed by atoms with van der Waals surface area (Å²) in [5.74, 6) is -1.16. The van der Waals surface area contributed by atoms with Crippen LogP contribution in [0.1, 0.15) is 90.0 Å². The molecule has 0 N–H and O–H groups in total. The average molecular weight is 581 g/mol. The van der Waals surface area contributed by atoms with Crippen LogP contribution in [0.5, 0.6) is 5.88 Å². The van der Waals surface area contributed by atoms with Crippen LogP contribution in [-0.4, -0.2) is 63.4 Å². The quantitative estimate of drug-likeness (QED) is 0.268. The zero-order chi connectivity index (χ0) is 32.0. The largest absolute Gasteiger partial charge is 0.473 e. The summed E-state index contributed by atoms with van der Waals surface area (Å²) in [6.45, 7) is 21.1. The van der Waals surface area contributed by atoms with Crippen molar-refractivity contribution in [2.45, 2.75) is 112 Å². The van der Waals surface area contributed by atoms with Crippen LogP contribution in [0, 0.1) is 0 Å². The molecule has 230 valence electrons. The molecular weight excluding hydrogens is 536 g/mol. The number of rotatable bonds is 5. The van der Waals surface area contributed by atoms with Gasteiger partial charge in [0.1, 0.15) is 29.0 Å². The van der Waals surface area contributed by atoms with Crippen LogP contribution in [0.25, 0.3) is 0 Å². The highest BCUT2D eigenvalue weighted by atomic mass is 16.6. The molecule has 1 aromatic heterocycles. The summed E-state index contributed by atoms with van der Waals surface area (Å²) in [6.07, 6.45) is -1.19. The second-order valence-electron chi connectivity index (χ2n) is 12.8. The van der Waals surface area contributed by atoms with Crippen LogP contribution in [-0.2, 0) is 18.9 Å². The van der Waals surface area contributed by atoms with Gasteiger partial charge >= 0.3 is 24.4 Å². The number of allylic oxidation sites excluding steroid dienone is 1. The molecule has 4 amide bonds. The molecule has 41 heavy (non-hydrogen) atoms. The SMILES string of the molecule is C/C=C/COc1cc(N(C(=O)OC(C)(C)C)C(=O)OC(C)(C)C)nc(N(C(=O)OC(C)(C)C)C(=O)OC(C)(C)C)n1. The van der Waals surface area contributed by atoms with Crippen LogP contribution in [0.3, 0.4) is 0 Å². The van der Waals surface area contributed by atoms with Crippen LogP contribution in [0.2, 0.25) is 0 Å². The summed E-state index contributed by atoms with van der Waals surface area (Å²) < 4.78 is 27.3. The van der Waals surface area contributed by atoms with Gasteiger partial charge in [0.15, 0.2) is 5.82 Å². The number of nitrogens with zero attached hydrogens (tertiary/aromatic N) is 4. The lowest BCUT2D eigenvalue weighted by molar-refractivity contribution is 0.0410. The number of amides is 4. The van der Waals surface area contributed by atoms with Crippen molar-refractivity contribution >= 4 is 36.1 Å². The van der Waals surface area contributed by atoms with E-state index in [0.717, 1.165) is 0 Å². The van der Waals surface area contributed by atoms with Crippen LogP contribution < -0.4 is 14.5 Å². The third-order valence-electron chi connectivity index (χ3n) is 3.97. The second kappa shape index (κ2) is 13.2. The molecular formula is C28H44N4O9. The lowest BCUT2D eigenvalue weighted by Crippen LogP contribution is -2.46. The number of carbonyl (C=O) groups excluding carboxylic acids is 4. The third-order valence-corrected chi connectivity index (χ3v) is 3.97. The van der Waals surface area contributed by atoms with Crippen LogP contribution >= 0.6 is 0 Å². The van der Waals surface area contributed by atoms with Gasteiger partial charge in [-0.1, -0.05) is 12.2 Å². The minimum absolute atomic E-state index is 0.0319. The van der Waals surface area contributed by atoms with Gasteiger partial charge < -0.3 is 23.7 Å². The Morgan fingerprint density at radius 2 is 1.02 bits per heavy atom. The third kappa shape index (κ3) is 12.9. The van der Waals surface area contributed by atoms with E-state index in [-0.39, 0.29) is 12.5 Å². The van der Waals surface area contributed by atoms with Gasteiger partial charge in [-0.15, -0.1) is 4.90 Å². The average Bonchev–Trinajstić information content (AvgIpc) is 2.68. The Bertz CT molecular complexity index is 1000. The summed E-state index contributed by atoms with van der Waals surface area (Å²) in [5.41, 5.74) is -4.03. The Hall–Kier alpha value is -3.90. The van der Waals surface area contributed by atoms with Crippen molar-refractivity contribution in [2.24, 2.45) is 0 Å². The smallest absolute Gasteiger partial charge is 0.427 e. The first-order valence-electron chi connectivity index (χ1n) is 13.1. The van der Waals surface area contributed by atoms with Crippen molar-refractivity contribution in [3.05, 3.63) is 18.2 Å². The highest BCUT2D eigenvalue weighted by molar-refractivity contribution is 6.10. The zero-order valence-electron chi connectivity index (χ0n) is 26.4. The molecule has 0 aliphatic carbocycles. The van der Waals surface area contributed by atoms with Gasteiger partial charge in [-0.25, -0.2) is 19.2 Å². The van der Waals surface area contributed by atoms with Crippen molar-refractivity contribution in [2.75, 3.05) is 16.4 Å². The maximum Gasteiger partial charge on any atom is 0.427 e. The molecule has 1 heterocycles. The predicted octanol–water partition coefficient (Wildman–Crippen LogP) is 6.78. The first-order chi connectivity index (χ1) is 18.4. The fourth-order valence-electron chi connectivity index (χ4n) is 2.65. The molecule has 0 fully saturated rings. The van der Waals surface area contributed by atoms with Gasteiger partial charge in [0.2, 0.25) is 11.8 Å². The molecule has 0 spiro atoms. The summed E-state index contributed by atoms with van der Waals surface area (Å²) in [4.78, 5) is 62.4. The van der Waals surface area contributed by atoms with Crippen molar-refractivity contribution in [3.63, 3.8) is 0 Å². The molecule has 0 unspecified atom stereocenters. The van der Waals surface area contributed by atoms with E-state index in [0.29, 0.717) is 9.80 Å². The molecule has 0 bridgehead atoms. The molecule has 0 radical (unpaired) electrons. The maximum atomic E-state index is 13.3. The van der Waals surface area contributed by atoms with E-state index >= 15 is 0 Å². The topological polar surface area (TPSA) is 147 Å². The first kappa shape index (κ1) is 35.1. The van der Waals surface area contributed by atoms with E-state index in [9.17, 15) is 19.2 Å². The fourth-order valence-corrected chi connectivity index (χ4v) is 2.65. The summed E-state index contributed by atoms with van der Waals surface area (Å²) in [6, 6.07) is 1.17. The predicted molar refractivity (Wildman–Crippen MR) is 152 cm³/mol. The molecule has 1 aromatic rings. The van der Waals surface area contributed by atoms with E-state index in [1.165, 1.54) is 6.07 Å². The standard InChI is InChI=1S/C28H44N4O9/c1-14-15-16-37-19-17-18(31(21(33)38-25(2,3)4)22(34)39-26(5,6)7)29-20(30-19)32(23(35)40-27(8,9)10)24(36)41-28(11,12)13/h14-15,17H,16H2,1-13H3/b15-14+. The van der Waals surface area contributed by atoms with Gasteiger partial charge in [-0.2, -0.15) is 14.9 Å². The van der Waals surface area contributed by atoms with E-state index in [4.69, 9.17) is 23.7 Å². The first-order valence-corrected chi connectivity index (χ1v) is 13.1. The van der Waals surface area contributed by atoms with Gasteiger partial charge in [0.25, 0.3) is 0 Å². The molecule has 0 saturated heterocycles. The number of ether oxygens (including phenoxy) is 5. The van der Waals surface area contributed by atoms with Gasteiger partial charge in [0, 0.05) is 6.07 Å². The van der Waals surface area contributed by atoms with Crippen molar-refractivity contribution < 1.29 is 42.9 Å². The van der Waals surface area contributed by atoms with Gasteiger partial charge in [0.05, 0.1) is 0 Å². The number of hydrogen-bond acceptors (Lipinski definition) is 11.